The van der Waals surface area contributed by atoms with Crippen LogP contribution in [0.3, 0.4) is 0 Å². The highest BCUT2D eigenvalue weighted by atomic mass is 16.5. The van der Waals surface area contributed by atoms with Crippen LogP contribution in [0.15, 0.2) is 51.4 Å². The van der Waals surface area contributed by atoms with Crippen LogP contribution in [0.2, 0.25) is 0 Å². The minimum atomic E-state index is 0.226. The van der Waals surface area contributed by atoms with Gasteiger partial charge in [-0.05, 0) is 36.8 Å². The molecule has 0 fully saturated rings. The lowest BCUT2D eigenvalue weighted by atomic mass is 10.2. The van der Waals surface area contributed by atoms with Crippen molar-refractivity contribution in [3.8, 4) is 17.1 Å². The number of ether oxygens (including phenoxy) is 1. The van der Waals surface area contributed by atoms with E-state index in [2.05, 4.69) is 15.1 Å². The van der Waals surface area contributed by atoms with E-state index in [9.17, 15) is 0 Å². The number of hydrogen-bond acceptors (Lipinski definition) is 6. The molecule has 0 unspecified atom stereocenters. The van der Waals surface area contributed by atoms with E-state index in [1.54, 1.807) is 0 Å². The number of oxazole rings is 1. The zero-order valence-corrected chi connectivity index (χ0v) is 14.0. The molecule has 2 aromatic heterocycles. The predicted molar refractivity (Wildman–Crippen MR) is 92.2 cm³/mol. The molecule has 4 aromatic rings. The van der Waals surface area contributed by atoms with Gasteiger partial charge in [-0.1, -0.05) is 30.3 Å². The molecule has 4 rings (SSSR count). The van der Waals surface area contributed by atoms with Gasteiger partial charge in [0.15, 0.2) is 18.1 Å². The molecular weight excluding hydrogens is 318 g/mol. The second kappa shape index (κ2) is 6.39. The lowest BCUT2D eigenvalue weighted by molar-refractivity contribution is 0.242. The summed E-state index contributed by atoms with van der Waals surface area (Å²) in [6.07, 6.45) is 0.757. The highest BCUT2D eigenvalue weighted by Gasteiger charge is 2.12. The highest BCUT2D eigenvalue weighted by Crippen LogP contribution is 2.24. The number of fused-ring (bicyclic) bond motifs is 1. The van der Waals surface area contributed by atoms with Crippen LogP contribution in [0, 0.1) is 6.92 Å². The first-order chi connectivity index (χ1) is 12.2. The average Bonchev–Trinajstić information content (AvgIpc) is 3.26. The second-order valence-corrected chi connectivity index (χ2v) is 5.71. The maximum atomic E-state index is 5.74. The summed E-state index contributed by atoms with van der Waals surface area (Å²) in [5.41, 5.74) is 3.43. The van der Waals surface area contributed by atoms with Gasteiger partial charge in [0, 0.05) is 12.0 Å². The van der Waals surface area contributed by atoms with Crippen LogP contribution in [-0.4, -0.2) is 15.1 Å². The first kappa shape index (κ1) is 15.4. The van der Waals surface area contributed by atoms with Gasteiger partial charge >= 0.3 is 0 Å². The van der Waals surface area contributed by atoms with E-state index in [1.165, 1.54) is 0 Å². The zero-order chi connectivity index (χ0) is 17.2. The smallest absolute Gasteiger partial charge is 0.264 e. The van der Waals surface area contributed by atoms with E-state index in [4.69, 9.17) is 13.7 Å². The molecule has 0 saturated heterocycles. The van der Waals surface area contributed by atoms with Crippen LogP contribution < -0.4 is 4.74 Å². The van der Waals surface area contributed by atoms with E-state index < -0.39 is 0 Å². The third kappa shape index (κ3) is 3.10. The molecule has 0 atom stereocenters. The van der Waals surface area contributed by atoms with E-state index in [1.807, 2.05) is 56.3 Å². The highest BCUT2D eigenvalue weighted by molar-refractivity contribution is 5.78. The predicted octanol–water partition coefficient (Wildman–Crippen LogP) is 4.33. The fourth-order valence-corrected chi connectivity index (χ4v) is 2.55. The van der Waals surface area contributed by atoms with E-state index in [0.717, 1.165) is 34.4 Å². The van der Waals surface area contributed by atoms with Crippen molar-refractivity contribution in [2.45, 2.75) is 26.9 Å². The van der Waals surface area contributed by atoms with Crippen LogP contribution in [0.4, 0.5) is 0 Å². The Labute approximate surface area is 144 Å². The van der Waals surface area contributed by atoms with E-state index >= 15 is 0 Å². The van der Waals surface area contributed by atoms with Crippen LogP contribution >= 0.6 is 0 Å². The molecule has 2 aromatic carbocycles. The average molecular weight is 335 g/mol. The monoisotopic (exact) mass is 335 g/mol. The van der Waals surface area contributed by atoms with Crippen molar-refractivity contribution in [1.29, 1.82) is 0 Å². The van der Waals surface area contributed by atoms with Crippen LogP contribution in [0.1, 0.15) is 24.3 Å². The molecule has 6 heteroatoms. The summed E-state index contributed by atoms with van der Waals surface area (Å²) < 4.78 is 16.6. The number of rotatable bonds is 5. The Kier molecular flexibility index (Phi) is 3.93. The zero-order valence-electron chi connectivity index (χ0n) is 14.0. The minimum Gasteiger partial charge on any atom is -0.483 e. The maximum absolute atomic E-state index is 5.74. The molecule has 25 heavy (non-hydrogen) atoms. The summed E-state index contributed by atoms with van der Waals surface area (Å²) in [5.74, 6) is 2.45. The summed E-state index contributed by atoms with van der Waals surface area (Å²) in [7, 11) is 0. The minimum absolute atomic E-state index is 0.226. The van der Waals surface area contributed by atoms with Gasteiger partial charge in [0.1, 0.15) is 11.3 Å². The third-order valence-corrected chi connectivity index (χ3v) is 3.91. The molecule has 126 valence electrons. The van der Waals surface area contributed by atoms with Crippen molar-refractivity contribution in [2.24, 2.45) is 0 Å². The largest absolute Gasteiger partial charge is 0.483 e. The number of para-hydroxylation sites is 1. The topological polar surface area (TPSA) is 74.2 Å². The lowest BCUT2D eigenvalue weighted by Gasteiger charge is -2.05. The van der Waals surface area contributed by atoms with Crippen molar-refractivity contribution < 1.29 is 13.7 Å². The summed E-state index contributed by atoms with van der Waals surface area (Å²) in [4.78, 5) is 8.83. The van der Waals surface area contributed by atoms with Crippen molar-refractivity contribution in [2.75, 3.05) is 0 Å². The van der Waals surface area contributed by atoms with Gasteiger partial charge in [-0.3, -0.25) is 0 Å². The molecule has 0 amide bonds. The lowest BCUT2D eigenvalue weighted by Crippen LogP contribution is -1.97. The van der Waals surface area contributed by atoms with Gasteiger partial charge in [0.25, 0.3) is 5.89 Å². The van der Waals surface area contributed by atoms with Crippen molar-refractivity contribution in [3.05, 3.63) is 59.8 Å². The number of benzene rings is 2. The second-order valence-electron chi connectivity index (χ2n) is 5.71. The molecule has 6 nitrogen and oxygen atoms in total. The normalized spacial score (nSPS) is 11.1. The summed E-state index contributed by atoms with van der Waals surface area (Å²) in [6.45, 7) is 4.22. The Morgan fingerprint density at radius 3 is 2.76 bits per heavy atom. The number of nitrogens with zero attached hydrogens (tertiary/aromatic N) is 3. The van der Waals surface area contributed by atoms with Crippen molar-refractivity contribution in [3.63, 3.8) is 0 Å². The Balaban J connectivity index is 1.53. The quantitative estimate of drug-likeness (QED) is 0.540. The van der Waals surface area contributed by atoms with Gasteiger partial charge < -0.3 is 13.7 Å². The molecular formula is C19H17N3O3. The van der Waals surface area contributed by atoms with Gasteiger partial charge in [-0.2, -0.15) is 4.98 Å². The number of aryl methyl sites for hydroxylation is 2. The van der Waals surface area contributed by atoms with Crippen LogP contribution in [0.5, 0.6) is 5.75 Å². The van der Waals surface area contributed by atoms with Crippen LogP contribution in [-0.2, 0) is 13.0 Å². The Morgan fingerprint density at radius 2 is 1.92 bits per heavy atom. The molecule has 0 N–H and O–H groups in total. The molecule has 0 saturated carbocycles. The first-order valence-electron chi connectivity index (χ1n) is 8.14. The molecule has 2 heterocycles. The Hall–Kier alpha value is -3.15. The Morgan fingerprint density at radius 1 is 1.04 bits per heavy atom. The van der Waals surface area contributed by atoms with Gasteiger partial charge in [0.2, 0.25) is 5.82 Å². The molecule has 0 aliphatic carbocycles. The fourth-order valence-electron chi connectivity index (χ4n) is 2.55. The molecule has 0 spiro atoms. The molecule has 0 aliphatic rings. The standard InChI is InChI=1S/C19H17N3O3/c1-3-17-20-14-10-13(8-9-16(14)24-17)19-21-18(25-22-19)11-23-15-7-5-4-6-12(15)2/h4-10H,3,11H2,1-2H3. The number of aromatic nitrogens is 3. The first-order valence-corrected chi connectivity index (χ1v) is 8.14. The SMILES string of the molecule is CCc1nc2cc(-c3noc(COc4ccccc4C)n3)ccc2o1. The van der Waals surface area contributed by atoms with E-state index in [-0.39, 0.29) is 6.61 Å². The maximum Gasteiger partial charge on any atom is 0.264 e. The number of hydrogen-bond donors (Lipinski definition) is 0. The molecule has 0 radical (unpaired) electrons. The third-order valence-electron chi connectivity index (χ3n) is 3.91. The van der Waals surface area contributed by atoms with Gasteiger partial charge in [0.05, 0.1) is 0 Å². The summed E-state index contributed by atoms with van der Waals surface area (Å²) >= 11 is 0. The fraction of sp³-hybridized carbons (Fsp3) is 0.211. The summed E-state index contributed by atoms with van der Waals surface area (Å²) in [6, 6.07) is 13.5. The van der Waals surface area contributed by atoms with Gasteiger partial charge in [-0.15, -0.1) is 0 Å². The van der Waals surface area contributed by atoms with Crippen molar-refractivity contribution >= 4 is 11.1 Å². The van der Waals surface area contributed by atoms with Gasteiger partial charge in [-0.25, -0.2) is 4.98 Å². The summed E-state index contributed by atoms with van der Waals surface area (Å²) in [5, 5.41) is 4.03. The Bertz CT molecular complexity index is 1020. The van der Waals surface area contributed by atoms with Crippen LogP contribution in [0.25, 0.3) is 22.5 Å². The molecule has 0 bridgehead atoms. The molecule has 0 aliphatic heterocycles. The van der Waals surface area contributed by atoms with Crippen molar-refractivity contribution in [1.82, 2.24) is 15.1 Å². The van der Waals surface area contributed by atoms with E-state index in [0.29, 0.717) is 17.6 Å².